The predicted molar refractivity (Wildman–Crippen MR) is 72.2 cm³/mol. The van der Waals surface area contributed by atoms with Gasteiger partial charge in [0.15, 0.2) is 0 Å². The van der Waals surface area contributed by atoms with Crippen LogP contribution in [0.3, 0.4) is 0 Å². The molecule has 0 amide bonds. The first kappa shape index (κ1) is 12.0. The Morgan fingerprint density at radius 1 is 1.12 bits per heavy atom. The molecule has 0 aromatic rings. The molecule has 2 bridgehead atoms. The van der Waals surface area contributed by atoms with E-state index >= 15 is 0 Å². The lowest BCUT2D eigenvalue weighted by Gasteiger charge is -2.49. The Hall–Kier alpha value is -0.0800. The largest absolute Gasteiger partial charge is 0.317 e. The fourth-order valence-corrected chi connectivity index (χ4v) is 4.47. The average molecular weight is 236 g/mol. The van der Waals surface area contributed by atoms with Gasteiger partial charge in [0.1, 0.15) is 0 Å². The molecule has 0 aromatic heterocycles. The molecule has 2 nitrogen and oxygen atoms in total. The zero-order valence-corrected chi connectivity index (χ0v) is 11.5. The molecule has 98 valence electrons. The molecule has 2 heterocycles. The lowest BCUT2D eigenvalue weighted by Crippen LogP contribution is -2.56. The lowest BCUT2D eigenvalue weighted by atomic mass is 9.81. The number of nitrogens with one attached hydrogen (secondary N) is 1. The van der Waals surface area contributed by atoms with E-state index in [1.54, 1.807) is 0 Å². The predicted octanol–water partition coefficient (Wildman–Crippen LogP) is 2.78. The van der Waals surface area contributed by atoms with Crippen molar-refractivity contribution < 1.29 is 0 Å². The van der Waals surface area contributed by atoms with Crippen LogP contribution in [0.1, 0.15) is 58.3 Å². The fraction of sp³-hybridized carbons (Fsp3) is 1.00. The Labute approximate surface area is 106 Å². The molecule has 1 saturated carbocycles. The molecule has 1 N–H and O–H groups in total. The number of hydrogen-bond donors (Lipinski definition) is 1. The van der Waals surface area contributed by atoms with Crippen molar-refractivity contribution in [1.82, 2.24) is 10.2 Å². The smallest absolute Gasteiger partial charge is 0.0133 e. The first-order chi connectivity index (χ1) is 8.33. The molecule has 3 aliphatic rings. The zero-order chi connectivity index (χ0) is 11.8. The number of fused-ring (bicyclic) bond motifs is 2. The summed E-state index contributed by atoms with van der Waals surface area (Å²) in [7, 11) is 2.15. The SMILES string of the molecule is CCCC1CC1N1C2CCCC1CC(NC)C2. The van der Waals surface area contributed by atoms with Crippen molar-refractivity contribution in [2.24, 2.45) is 5.92 Å². The fourth-order valence-electron chi connectivity index (χ4n) is 4.47. The van der Waals surface area contributed by atoms with E-state index in [2.05, 4.69) is 24.2 Å². The van der Waals surface area contributed by atoms with Crippen molar-refractivity contribution in [3.8, 4) is 0 Å². The van der Waals surface area contributed by atoms with Crippen LogP contribution in [-0.4, -0.2) is 36.1 Å². The third kappa shape index (κ3) is 2.26. The van der Waals surface area contributed by atoms with Gasteiger partial charge in [-0.05, 0) is 51.5 Å². The summed E-state index contributed by atoms with van der Waals surface area (Å²) >= 11 is 0. The van der Waals surface area contributed by atoms with Gasteiger partial charge < -0.3 is 5.32 Å². The molecule has 3 rings (SSSR count). The highest BCUT2D eigenvalue weighted by Gasteiger charge is 2.49. The van der Waals surface area contributed by atoms with Gasteiger partial charge in [0.05, 0.1) is 0 Å². The first-order valence-electron chi connectivity index (χ1n) is 7.78. The highest BCUT2D eigenvalue weighted by atomic mass is 15.3. The van der Waals surface area contributed by atoms with Gasteiger partial charge in [-0.2, -0.15) is 0 Å². The molecule has 3 fully saturated rings. The van der Waals surface area contributed by atoms with Crippen LogP contribution in [0.25, 0.3) is 0 Å². The standard InChI is InChI=1S/C15H28N2/c1-3-5-11-8-15(11)17-13-6-4-7-14(17)10-12(9-13)16-2/h11-16H,3-10H2,1-2H3. The highest BCUT2D eigenvalue weighted by Crippen LogP contribution is 2.47. The van der Waals surface area contributed by atoms with E-state index in [0.717, 1.165) is 30.1 Å². The summed E-state index contributed by atoms with van der Waals surface area (Å²) in [6, 6.07) is 3.59. The average Bonchev–Trinajstić information content (AvgIpc) is 3.07. The minimum Gasteiger partial charge on any atom is -0.317 e. The maximum absolute atomic E-state index is 3.52. The van der Waals surface area contributed by atoms with E-state index in [9.17, 15) is 0 Å². The van der Waals surface area contributed by atoms with Gasteiger partial charge in [-0.3, -0.25) is 4.90 Å². The first-order valence-corrected chi connectivity index (χ1v) is 7.78. The molecule has 0 spiro atoms. The molecular formula is C15H28N2. The topological polar surface area (TPSA) is 15.3 Å². The minimum atomic E-state index is 0.796. The number of piperidine rings is 2. The van der Waals surface area contributed by atoms with Gasteiger partial charge in [-0.25, -0.2) is 0 Å². The summed E-state index contributed by atoms with van der Waals surface area (Å²) < 4.78 is 0. The van der Waals surface area contributed by atoms with E-state index in [-0.39, 0.29) is 0 Å². The molecule has 2 saturated heterocycles. The lowest BCUT2D eigenvalue weighted by molar-refractivity contribution is 0.0143. The Morgan fingerprint density at radius 3 is 2.41 bits per heavy atom. The van der Waals surface area contributed by atoms with Crippen LogP contribution in [0, 0.1) is 5.92 Å². The van der Waals surface area contributed by atoms with Crippen LogP contribution in [-0.2, 0) is 0 Å². The van der Waals surface area contributed by atoms with Crippen molar-refractivity contribution in [1.29, 1.82) is 0 Å². The zero-order valence-electron chi connectivity index (χ0n) is 11.5. The van der Waals surface area contributed by atoms with Gasteiger partial charge in [0, 0.05) is 24.2 Å². The number of rotatable bonds is 4. The molecule has 4 unspecified atom stereocenters. The number of hydrogen-bond acceptors (Lipinski definition) is 2. The van der Waals surface area contributed by atoms with Crippen LogP contribution in [0.5, 0.6) is 0 Å². The molecule has 0 radical (unpaired) electrons. The Bertz CT molecular complexity index is 252. The summed E-state index contributed by atoms with van der Waals surface area (Å²) in [6.07, 6.45) is 11.6. The van der Waals surface area contributed by atoms with Gasteiger partial charge in [-0.1, -0.05) is 19.8 Å². The summed E-state index contributed by atoms with van der Waals surface area (Å²) in [5.41, 5.74) is 0. The highest BCUT2D eigenvalue weighted by molar-refractivity contribution is 5.04. The maximum Gasteiger partial charge on any atom is 0.0133 e. The van der Waals surface area contributed by atoms with Gasteiger partial charge in [0.25, 0.3) is 0 Å². The van der Waals surface area contributed by atoms with Crippen LogP contribution in [0.4, 0.5) is 0 Å². The van der Waals surface area contributed by atoms with Crippen molar-refractivity contribution in [2.75, 3.05) is 7.05 Å². The minimum absolute atomic E-state index is 0.796. The molecule has 4 atom stereocenters. The molecule has 2 heteroatoms. The molecule has 2 aliphatic heterocycles. The Balaban J connectivity index is 1.65. The van der Waals surface area contributed by atoms with Crippen molar-refractivity contribution in [3.05, 3.63) is 0 Å². The van der Waals surface area contributed by atoms with Crippen LogP contribution >= 0.6 is 0 Å². The second kappa shape index (κ2) is 4.89. The Kier molecular flexibility index (Phi) is 3.45. The van der Waals surface area contributed by atoms with E-state index in [4.69, 9.17) is 0 Å². The summed E-state index contributed by atoms with van der Waals surface area (Å²) in [6.45, 7) is 2.34. The summed E-state index contributed by atoms with van der Waals surface area (Å²) in [4.78, 5) is 2.96. The third-order valence-electron chi connectivity index (χ3n) is 5.37. The van der Waals surface area contributed by atoms with E-state index in [0.29, 0.717) is 0 Å². The normalized spacial score (nSPS) is 45.9. The van der Waals surface area contributed by atoms with Gasteiger partial charge >= 0.3 is 0 Å². The summed E-state index contributed by atoms with van der Waals surface area (Å²) in [5.74, 6) is 1.05. The quantitative estimate of drug-likeness (QED) is 0.807. The van der Waals surface area contributed by atoms with E-state index in [1.807, 2.05) is 0 Å². The number of nitrogens with zero attached hydrogens (tertiary/aromatic N) is 1. The monoisotopic (exact) mass is 236 g/mol. The second-order valence-corrected chi connectivity index (χ2v) is 6.49. The summed E-state index contributed by atoms with van der Waals surface area (Å²) in [5, 5.41) is 3.52. The van der Waals surface area contributed by atoms with Gasteiger partial charge in [-0.15, -0.1) is 0 Å². The third-order valence-corrected chi connectivity index (χ3v) is 5.37. The second-order valence-electron chi connectivity index (χ2n) is 6.49. The van der Waals surface area contributed by atoms with Crippen LogP contribution < -0.4 is 5.32 Å². The van der Waals surface area contributed by atoms with Crippen molar-refractivity contribution in [3.63, 3.8) is 0 Å². The van der Waals surface area contributed by atoms with E-state index < -0.39 is 0 Å². The van der Waals surface area contributed by atoms with Crippen molar-refractivity contribution in [2.45, 2.75) is 82.5 Å². The van der Waals surface area contributed by atoms with Crippen molar-refractivity contribution >= 4 is 0 Å². The molecular weight excluding hydrogens is 208 g/mol. The molecule has 17 heavy (non-hydrogen) atoms. The Morgan fingerprint density at radius 2 is 1.82 bits per heavy atom. The maximum atomic E-state index is 3.52. The molecule has 0 aromatic carbocycles. The van der Waals surface area contributed by atoms with E-state index in [1.165, 1.54) is 51.4 Å². The van der Waals surface area contributed by atoms with Crippen LogP contribution in [0.15, 0.2) is 0 Å². The van der Waals surface area contributed by atoms with Gasteiger partial charge in [0.2, 0.25) is 0 Å². The van der Waals surface area contributed by atoms with Crippen LogP contribution in [0.2, 0.25) is 0 Å². The molecule has 1 aliphatic carbocycles.